The molecule has 2 unspecified atom stereocenters. The van der Waals surface area contributed by atoms with Crippen LogP contribution < -0.4 is 10.5 Å². The Bertz CT molecular complexity index is 465. The highest BCUT2D eigenvalue weighted by Gasteiger charge is 2.18. The molecule has 2 atom stereocenters. The normalized spacial score (nSPS) is 14.3. The number of nitrogens with zero attached hydrogens (tertiary/aromatic N) is 2. The van der Waals surface area contributed by atoms with E-state index in [-0.39, 0.29) is 12.1 Å². The maximum absolute atomic E-state index is 6.06. The van der Waals surface area contributed by atoms with Crippen molar-refractivity contribution in [3.05, 3.63) is 48.5 Å². The van der Waals surface area contributed by atoms with Crippen LogP contribution in [0.3, 0.4) is 0 Å². The summed E-state index contributed by atoms with van der Waals surface area (Å²) >= 11 is 0. The summed E-state index contributed by atoms with van der Waals surface area (Å²) in [5, 5.41) is 0. The lowest BCUT2D eigenvalue weighted by atomic mass is 10.0. The van der Waals surface area contributed by atoms with Gasteiger partial charge >= 0.3 is 0 Å². The zero-order valence-electron chi connectivity index (χ0n) is 10.1. The topological polar surface area (TPSA) is 53.1 Å². The van der Waals surface area contributed by atoms with E-state index in [0.717, 1.165) is 11.3 Å². The van der Waals surface area contributed by atoms with Crippen molar-refractivity contribution in [1.29, 1.82) is 0 Å². The molecule has 0 aliphatic carbocycles. The molecule has 0 aliphatic heterocycles. The van der Waals surface area contributed by atoms with Crippen LogP contribution in [0.1, 0.15) is 18.5 Å². The lowest BCUT2D eigenvalue weighted by molar-refractivity contribution is 0.412. The van der Waals surface area contributed by atoms with Crippen molar-refractivity contribution in [2.75, 3.05) is 7.11 Å². The van der Waals surface area contributed by atoms with E-state index in [0.29, 0.717) is 0 Å². The van der Waals surface area contributed by atoms with Gasteiger partial charge in [-0.3, -0.25) is 0 Å². The Balaban J connectivity index is 2.39. The van der Waals surface area contributed by atoms with E-state index in [1.807, 2.05) is 35.9 Å². The summed E-state index contributed by atoms with van der Waals surface area (Å²) in [7, 11) is 1.66. The third kappa shape index (κ3) is 2.47. The predicted molar refractivity (Wildman–Crippen MR) is 67.0 cm³/mol. The molecule has 90 valence electrons. The van der Waals surface area contributed by atoms with Gasteiger partial charge in [0.25, 0.3) is 0 Å². The number of imidazole rings is 1. The number of nitrogens with two attached hydrogens (primary N) is 1. The fourth-order valence-corrected chi connectivity index (χ4v) is 2.01. The molecule has 0 bridgehead atoms. The highest BCUT2D eigenvalue weighted by atomic mass is 16.5. The molecule has 0 fully saturated rings. The zero-order valence-corrected chi connectivity index (χ0v) is 10.1. The van der Waals surface area contributed by atoms with Gasteiger partial charge in [0.2, 0.25) is 0 Å². The van der Waals surface area contributed by atoms with Crippen LogP contribution in [0.4, 0.5) is 0 Å². The van der Waals surface area contributed by atoms with Gasteiger partial charge in [-0.15, -0.1) is 0 Å². The highest BCUT2D eigenvalue weighted by Crippen LogP contribution is 2.24. The molecule has 0 saturated carbocycles. The largest absolute Gasteiger partial charge is 0.497 e. The quantitative estimate of drug-likeness (QED) is 0.873. The number of hydrogen-bond donors (Lipinski definition) is 1. The molecule has 1 aromatic heterocycles. The molecule has 2 aromatic rings. The van der Waals surface area contributed by atoms with Crippen molar-refractivity contribution in [3.8, 4) is 5.75 Å². The van der Waals surface area contributed by atoms with Crippen LogP contribution in [0.5, 0.6) is 5.75 Å². The first-order valence-corrected chi connectivity index (χ1v) is 5.59. The van der Waals surface area contributed by atoms with Crippen LogP contribution in [-0.4, -0.2) is 22.7 Å². The smallest absolute Gasteiger partial charge is 0.119 e. The van der Waals surface area contributed by atoms with E-state index in [9.17, 15) is 0 Å². The molecule has 4 nitrogen and oxygen atoms in total. The second kappa shape index (κ2) is 5.01. The SMILES string of the molecule is COc1cccc(C(C(C)N)n2ccnc2)c1. The Morgan fingerprint density at radius 3 is 2.82 bits per heavy atom. The Morgan fingerprint density at radius 2 is 2.24 bits per heavy atom. The van der Waals surface area contributed by atoms with Gasteiger partial charge in [0.15, 0.2) is 0 Å². The molecule has 0 radical (unpaired) electrons. The summed E-state index contributed by atoms with van der Waals surface area (Å²) in [5.41, 5.74) is 7.18. The van der Waals surface area contributed by atoms with Gasteiger partial charge in [-0.2, -0.15) is 0 Å². The molecule has 1 heterocycles. The molecule has 1 aromatic carbocycles. The first kappa shape index (κ1) is 11.7. The molecule has 17 heavy (non-hydrogen) atoms. The summed E-state index contributed by atoms with van der Waals surface area (Å²) in [6, 6.07) is 8.03. The fraction of sp³-hybridized carbons (Fsp3) is 0.308. The molecule has 0 spiro atoms. The van der Waals surface area contributed by atoms with E-state index in [4.69, 9.17) is 10.5 Å². The summed E-state index contributed by atoms with van der Waals surface area (Å²) in [6.45, 7) is 1.99. The van der Waals surface area contributed by atoms with Gasteiger partial charge < -0.3 is 15.0 Å². The van der Waals surface area contributed by atoms with Crippen LogP contribution in [0.25, 0.3) is 0 Å². The lowest BCUT2D eigenvalue weighted by Crippen LogP contribution is -2.29. The van der Waals surface area contributed by atoms with Crippen molar-refractivity contribution in [2.45, 2.75) is 19.0 Å². The van der Waals surface area contributed by atoms with Gasteiger partial charge in [-0.1, -0.05) is 12.1 Å². The molecular formula is C13H17N3O. The van der Waals surface area contributed by atoms with Crippen molar-refractivity contribution >= 4 is 0 Å². The molecule has 4 heteroatoms. The van der Waals surface area contributed by atoms with Crippen LogP contribution in [0.2, 0.25) is 0 Å². The minimum Gasteiger partial charge on any atom is -0.497 e. The Hall–Kier alpha value is -1.81. The summed E-state index contributed by atoms with van der Waals surface area (Å²) < 4.78 is 7.25. The molecule has 0 saturated heterocycles. The maximum atomic E-state index is 6.06. The predicted octanol–water partition coefficient (Wildman–Crippen LogP) is 1.83. The van der Waals surface area contributed by atoms with E-state index >= 15 is 0 Å². The van der Waals surface area contributed by atoms with E-state index in [2.05, 4.69) is 11.1 Å². The van der Waals surface area contributed by atoms with Gasteiger partial charge in [0.1, 0.15) is 5.75 Å². The number of benzene rings is 1. The van der Waals surface area contributed by atoms with Gasteiger partial charge in [-0.25, -0.2) is 4.98 Å². The fourth-order valence-electron chi connectivity index (χ4n) is 2.01. The van der Waals surface area contributed by atoms with Crippen molar-refractivity contribution in [1.82, 2.24) is 9.55 Å². The molecule has 2 N–H and O–H groups in total. The van der Waals surface area contributed by atoms with Crippen molar-refractivity contribution in [3.63, 3.8) is 0 Å². The van der Waals surface area contributed by atoms with Crippen molar-refractivity contribution < 1.29 is 4.74 Å². The average molecular weight is 231 g/mol. The number of hydrogen-bond acceptors (Lipinski definition) is 3. The Kier molecular flexibility index (Phi) is 3.44. The second-order valence-electron chi connectivity index (χ2n) is 4.09. The first-order valence-electron chi connectivity index (χ1n) is 5.59. The minimum atomic E-state index is -0.00342. The number of ether oxygens (including phenoxy) is 1. The van der Waals surface area contributed by atoms with E-state index in [1.54, 1.807) is 19.6 Å². The maximum Gasteiger partial charge on any atom is 0.119 e. The van der Waals surface area contributed by atoms with Gasteiger partial charge in [0, 0.05) is 18.4 Å². The number of aromatic nitrogens is 2. The number of rotatable bonds is 4. The second-order valence-corrected chi connectivity index (χ2v) is 4.09. The third-order valence-corrected chi connectivity index (χ3v) is 2.78. The molecule has 0 amide bonds. The number of methoxy groups -OCH3 is 1. The summed E-state index contributed by atoms with van der Waals surface area (Å²) in [4.78, 5) is 4.07. The average Bonchev–Trinajstić information content (AvgIpc) is 2.83. The highest BCUT2D eigenvalue weighted by molar-refractivity contribution is 5.31. The lowest BCUT2D eigenvalue weighted by Gasteiger charge is -2.23. The van der Waals surface area contributed by atoms with Crippen LogP contribution in [0.15, 0.2) is 43.0 Å². The Labute approximate surface area is 101 Å². The van der Waals surface area contributed by atoms with Gasteiger partial charge in [-0.05, 0) is 24.6 Å². The monoisotopic (exact) mass is 231 g/mol. The summed E-state index contributed by atoms with van der Waals surface area (Å²) in [5.74, 6) is 0.841. The first-order chi connectivity index (χ1) is 8.22. The molecule has 0 aliphatic rings. The summed E-state index contributed by atoms with van der Waals surface area (Å²) in [6.07, 6.45) is 5.47. The standard InChI is InChI=1S/C13H17N3O/c1-10(14)13(16-7-6-15-9-16)11-4-3-5-12(8-11)17-2/h3-10,13H,14H2,1-2H3. The minimum absolute atomic E-state index is 0.00342. The Morgan fingerprint density at radius 1 is 1.41 bits per heavy atom. The molecule has 2 rings (SSSR count). The van der Waals surface area contributed by atoms with E-state index in [1.165, 1.54) is 0 Å². The van der Waals surface area contributed by atoms with E-state index < -0.39 is 0 Å². The van der Waals surface area contributed by atoms with Crippen molar-refractivity contribution in [2.24, 2.45) is 5.73 Å². The van der Waals surface area contributed by atoms with Crippen LogP contribution in [0, 0.1) is 0 Å². The molecular weight excluding hydrogens is 214 g/mol. The van der Waals surface area contributed by atoms with Crippen LogP contribution in [-0.2, 0) is 0 Å². The third-order valence-electron chi connectivity index (χ3n) is 2.78. The van der Waals surface area contributed by atoms with Crippen LogP contribution >= 0.6 is 0 Å². The van der Waals surface area contributed by atoms with Gasteiger partial charge in [0.05, 0.1) is 19.5 Å². The zero-order chi connectivity index (χ0) is 12.3.